The van der Waals surface area contributed by atoms with Gasteiger partial charge in [0.05, 0.1) is 6.54 Å². The molecule has 0 aliphatic heterocycles. The average Bonchev–Trinajstić information content (AvgIpc) is 2.79. The lowest BCUT2D eigenvalue weighted by Gasteiger charge is -2.34. The van der Waals surface area contributed by atoms with Gasteiger partial charge in [0.1, 0.15) is 0 Å². The molecule has 94 valence electrons. The summed E-state index contributed by atoms with van der Waals surface area (Å²) >= 11 is 3.57. The van der Waals surface area contributed by atoms with Crippen molar-refractivity contribution in [3.8, 4) is 0 Å². The molecule has 7 heteroatoms. The van der Waals surface area contributed by atoms with E-state index in [2.05, 4.69) is 26.0 Å². The highest BCUT2D eigenvalue weighted by Gasteiger charge is 2.33. The number of nitro groups is 1. The van der Waals surface area contributed by atoms with Gasteiger partial charge in [0.25, 0.3) is 0 Å². The molecule has 6 nitrogen and oxygen atoms in total. The second kappa shape index (κ2) is 5.12. The van der Waals surface area contributed by atoms with Gasteiger partial charge in [-0.05, 0) is 17.8 Å². The summed E-state index contributed by atoms with van der Waals surface area (Å²) in [5, 5.41) is 15.3. The van der Waals surface area contributed by atoms with Gasteiger partial charge < -0.3 is 10.1 Å². The molecule has 0 spiro atoms. The quantitative estimate of drug-likeness (QED) is 0.486. The molecular weight excluding hydrogens is 288 g/mol. The Morgan fingerprint density at radius 2 is 2.18 bits per heavy atom. The molecule has 0 unspecified atom stereocenters. The minimum Gasteiger partial charge on any atom is -0.390 e. The topological polar surface area (TPSA) is 73.8 Å². The molecule has 0 amide bonds. The number of hydrogen-bond acceptors (Lipinski definition) is 4. The maximum absolute atomic E-state index is 10.5. The van der Waals surface area contributed by atoms with Crippen molar-refractivity contribution >= 4 is 21.9 Å². The van der Waals surface area contributed by atoms with Gasteiger partial charge in [-0.2, -0.15) is 4.68 Å². The fourth-order valence-corrected chi connectivity index (χ4v) is 3.16. The van der Waals surface area contributed by atoms with Crippen LogP contribution in [0.4, 0.5) is 5.95 Å². The predicted octanol–water partition coefficient (Wildman–Crippen LogP) is 2.53. The van der Waals surface area contributed by atoms with Crippen LogP contribution in [0.2, 0.25) is 0 Å². The largest absolute Gasteiger partial charge is 0.490 e. The van der Waals surface area contributed by atoms with E-state index in [1.807, 2.05) is 0 Å². The van der Waals surface area contributed by atoms with Crippen LogP contribution >= 0.6 is 15.9 Å². The Labute approximate surface area is 108 Å². The molecule has 0 radical (unpaired) electrons. The SMILES string of the molecule is O=[N+]([O-])c1ncn(CC2(CBr)CCCCC2)n1. The standard InChI is InChI=1S/C10H15BrN4O2/c11-6-10(4-2-1-3-5-10)7-14-8-12-9(13-14)15(16)17/h8H,1-7H2. The van der Waals surface area contributed by atoms with Crippen molar-refractivity contribution in [3.63, 3.8) is 0 Å². The first kappa shape index (κ1) is 12.5. The highest BCUT2D eigenvalue weighted by Crippen LogP contribution is 2.39. The number of halogens is 1. The summed E-state index contributed by atoms with van der Waals surface area (Å²) in [6.45, 7) is 0.707. The molecule has 1 aromatic heterocycles. The lowest BCUT2D eigenvalue weighted by atomic mass is 9.76. The highest BCUT2D eigenvalue weighted by molar-refractivity contribution is 9.09. The molecular formula is C10H15BrN4O2. The molecule has 1 aromatic rings. The minimum absolute atomic E-state index is 0.180. The molecule has 2 rings (SSSR count). The molecule has 1 aliphatic carbocycles. The van der Waals surface area contributed by atoms with Gasteiger partial charge in [0, 0.05) is 15.8 Å². The van der Waals surface area contributed by atoms with Crippen LogP contribution in [0.1, 0.15) is 32.1 Å². The van der Waals surface area contributed by atoms with Crippen LogP contribution in [-0.4, -0.2) is 25.0 Å². The molecule has 1 aliphatic rings. The van der Waals surface area contributed by atoms with Crippen molar-refractivity contribution in [2.24, 2.45) is 5.41 Å². The number of nitrogens with zero attached hydrogens (tertiary/aromatic N) is 4. The Balaban J connectivity index is 2.09. The van der Waals surface area contributed by atoms with E-state index in [1.165, 1.54) is 25.6 Å². The van der Waals surface area contributed by atoms with Crippen molar-refractivity contribution in [3.05, 3.63) is 16.4 Å². The summed E-state index contributed by atoms with van der Waals surface area (Å²) in [6.07, 6.45) is 7.48. The van der Waals surface area contributed by atoms with Crippen molar-refractivity contribution in [2.45, 2.75) is 38.6 Å². The van der Waals surface area contributed by atoms with Gasteiger partial charge in [-0.15, -0.1) is 0 Å². The zero-order valence-corrected chi connectivity index (χ0v) is 11.1. The zero-order chi connectivity index (χ0) is 12.3. The van der Waals surface area contributed by atoms with E-state index in [9.17, 15) is 10.1 Å². The Morgan fingerprint density at radius 3 is 2.71 bits per heavy atom. The normalized spacial score (nSPS) is 19.1. The average molecular weight is 303 g/mol. The Hall–Kier alpha value is -0.980. The Bertz CT molecular complexity index is 401. The third-order valence-corrected chi connectivity index (χ3v) is 4.57. The van der Waals surface area contributed by atoms with E-state index < -0.39 is 4.92 Å². The lowest BCUT2D eigenvalue weighted by Crippen LogP contribution is -2.31. The molecule has 17 heavy (non-hydrogen) atoms. The lowest BCUT2D eigenvalue weighted by molar-refractivity contribution is -0.394. The minimum atomic E-state index is -0.557. The second-order valence-corrected chi connectivity index (χ2v) is 5.25. The molecule has 0 bridgehead atoms. The first-order valence-electron chi connectivity index (χ1n) is 5.75. The van der Waals surface area contributed by atoms with Crippen molar-refractivity contribution in [1.29, 1.82) is 0 Å². The van der Waals surface area contributed by atoms with Crippen LogP contribution < -0.4 is 0 Å². The smallest absolute Gasteiger partial charge is 0.390 e. The summed E-state index contributed by atoms with van der Waals surface area (Å²) < 4.78 is 1.60. The van der Waals surface area contributed by atoms with E-state index in [1.54, 1.807) is 4.68 Å². The van der Waals surface area contributed by atoms with Crippen LogP contribution in [0.5, 0.6) is 0 Å². The summed E-state index contributed by atoms with van der Waals surface area (Å²) in [5.41, 5.74) is 0.180. The van der Waals surface area contributed by atoms with Gasteiger partial charge >= 0.3 is 5.95 Å². The van der Waals surface area contributed by atoms with E-state index in [0.29, 0.717) is 6.54 Å². The van der Waals surface area contributed by atoms with Crippen molar-refractivity contribution in [2.75, 3.05) is 5.33 Å². The van der Waals surface area contributed by atoms with Crippen LogP contribution in [0.25, 0.3) is 0 Å². The summed E-state index contributed by atoms with van der Waals surface area (Å²) in [6, 6.07) is 0. The number of alkyl halides is 1. The van der Waals surface area contributed by atoms with E-state index in [-0.39, 0.29) is 11.4 Å². The van der Waals surface area contributed by atoms with Crippen LogP contribution in [0, 0.1) is 15.5 Å². The molecule has 0 aromatic carbocycles. The fourth-order valence-electron chi connectivity index (χ4n) is 2.42. The highest BCUT2D eigenvalue weighted by atomic mass is 79.9. The predicted molar refractivity (Wildman–Crippen MR) is 66.0 cm³/mol. The van der Waals surface area contributed by atoms with Gasteiger partial charge in [-0.1, -0.05) is 40.2 Å². The van der Waals surface area contributed by atoms with Gasteiger partial charge in [-0.25, -0.2) is 0 Å². The number of hydrogen-bond donors (Lipinski definition) is 0. The fraction of sp³-hybridized carbons (Fsp3) is 0.800. The maximum Gasteiger partial charge on any atom is 0.490 e. The maximum atomic E-state index is 10.5. The first-order chi connectivity index (χ1) is 8.15. The molecule has 0 N–H and O–H groups in total. The molecule has 0 atom stereocenters. The van der Waals surface area contributed by atoms with Crippen molar-refractivity contribution < 1.29 is 4.92 Å². The first-order valence-corrected chi connectivity index (χ1v) is 6.87. The summed E-state index contributed by atoms with van der Waals surface area (Å²) in [5.74, 6) is -0.314. The third-order valence-electron chi connectivity index (χ3n) is 3.38. The molecule has 1 heterocycles. The van der Waals surface area contributed by atoms with E-state index in [4.69, 9.17) is 0 Å². The number of rotatable bonds is 4. The summed E-state index contributed by atoms with van der Waals surface area (Å²) in [7, 11) is 0. The third kappa shape index (κ3) is 2.83. The van der Waals surface area contributed by atoms with Gasteiger partial charge in [0.15, 0.2) is 0 Å². The Kier molecular flexibility index (Phi) is 3.76. The van der Waals surface area contributed by atoms with Crippen LogP contribution in [0.15, 0.2) is 6.33 Å². The second-order valence-electron chi connectivity index (χ2n) is 4.69. The zero-order valence-electron chi connectivity index (χ0n) is 9.51. The van der Waals surface area contributed by atoms with Gasteiger partial charge in [0.2, 0.25) is 6.33 Å². The van der Waals surface area contributed by atoms with Crippen molar-refractivity contribution in [1.82, 2.24) is 14.8 Å². The van der Waals surface area contributed by atoms with E-state index >= 15 is 0 Å². The monoisotopic (exact) mass is 302 g/mol. The summed E-state index contributed by atoms with van der Waals surface area (Å²) in [4.78, 5) is 13.6. The number of aromatic nitrogens is 3. The Morgan fingerprint density at radius 1 is 1.47 bits per heavy atom. The van der Waals surface area contributed by atoms with E-state index in [0.717, 1.165) is 18.2 Å². The molecule has 0 saturated heterocycles. The van der Waals surface area contributed by atoms with Crippen LogP contribution in [0.3, 0.4) is 0 Å². The van der Waals surface area contributed by atoms with Gasteiger partial charge in [-0.3, -0.25) is 0 Å². The van der Waals surface area contributed by atoms with Crippen LogP contribution in [-0.2, 0) is 6.54 Å². The molecule has 1 saturated carbocycles. The molecule has 1 fully saturated rings.